The Hall–Kier alpha value is -8.29. The van der Waals surface area contributed by atoms with E-state index in [0.717, 1.165) is 14.7 Å². The Morgan fingerprint density at radius 1 is 0.558 bits per heavy atom. The fourth-order valence-corrected chi connectivity index (χ4v) is 12.9. The first-order chi connectivity index (χ1) is 45.0. The average Bonchev–Trinajstić information content (AvgIpc) is 0.860. The number of nitrogens with two attached hydrogens (primary N) is 1. The molecule has 0 radical (unpaired) electrons. The summed E-state index contributed by atoms with van der Waals surface area (Å²) in [7, 11) is 10.0. The van der Waals surface area contributed by atoms with Crippen molar-refractivity contribution < 1.29 is 57.5 Å². The van der Waals surface area contributed by atoms with Crippen molar-refractivity contribution in [2.45, 2.75) is 159 Å². The van der Waals surface area contributed by atoms with E-state index >= 15 is 14.4 Å². The lowest BCUT2D eigenvalue weighted by molar-refractivity contribution is -0.156. The van der Waals surface area contributed by atoms with Crippen LogP contribution in [0.4, 0.5) is 0 Å². The van der Waals surface area contributed by atoms with Crippen LogP contribution in [0.15, 0.2) is 121 Å². The van der Waals surface area contributed by atoms with E-state index in [0.29, 0.717) is 34.4 Å². The summed E-state index contributed by atoms with van der Waals surface area (Å²) in [5, 5.41) is 14.1. The van der Waals surface area contributed by atoms with Crippen LogP contribution < -0.4 is 32.3 Å². The predicted octanol–water partition coefficient (Wildman–Crippen LogP) is 4.10. The average molecular weight is 1350 g/mol. The second kappa shape index (κ2) is 37.7. The van der Waals surface area contributed by atoms with Crippen LogP contribution in [0.5, 0.6) is 0 Å². The molecular weight excluding hydrogens is 1250 g/mol. The topological polar surface area (TPSA) is 299 Å². The molecule has 0 aliphatic carbocycles. The van der Waals surface area contributed by atoms with Gasteiger partial charge in [-0.2, -0.15) is 0 Å². The zero-order valence-electron chi connectivity index (χ0n) is 56.8. The van der Waals surface area contributed by atoms with Crippen molar-refractivity contribution in [2.24, 2.45) is 11.7 Å². The van der Waals surface area contributed by atoms with Crippen molar-refractivity contribution >= 4 is 86.6 Å². The molecule has 95 heavy (non-hydrogen) atoms. The Morgan fingerprint density at radius 3 is 1.52 bits per heavy atom. The Balaban J connectivity index is 1.58. The maximum Gasteiger partial charge on any atom is 0.329 e. The molecule has 9 atom stereocenters. The molecule has 10 amide bonds. The van der Waals surface area contributed by atoms with Crippen LogP contribution in [0.2, 0.25) is 0 Å². The minimum atomic E-state index is -1.40. The van der Waals surface area contributed by atoms with Crippen LogP contribution in [-0.4, -0.2) is 209 Å². The number of unbranched alkanes of at least 4 members (excludes halogenated alkanes) is 1. The van der Waals surface area contributed by atoms with Gasteiger partial charge in [-0.15, -0.1) is 0 Å². The third-order valence-electron chi connectivity index (χ3n) is 16.3. The smallest absolute Gasteiger partial charge is 0.329 e. The Morgan fingerprint density at radius 2 is 1.01 bits per heavy atom. The number of nitrogens with zero attached hydrogens (tertiary/aromatic N) is 5. The maximum atomic E-state index is 15.3. The molecule has 4 aromatic carbocycles. The minimum Gasteiger partial charge on any atom is -0.454 e. The molecule has 4 aromatic rings. The zero-order valence-corrected chi connectivity index (χ0v) is 58.5. The number of likely N-dealkylation sites (N-methyl/N-ethyl adjacent to an activating group) is 5. The first kappa shape index (κ1) is 77.4. The molecule has 0 saturated carbocycles. The highest BCUT2D eigenvalue weighted by atomic mass is 33.1. The van der Waals surface area contributed by atoms with Gasteiger partial charge in [0.1, 0.15) is 48.3 Å². The number of carbonyl (C=O) groups excluding carboxylic acids is 11. The van der Waals surface area contributed by atoms with Gasteiger partial charge < -0.3 is 61.6 Å². The van der Waals surface area contributed by atoms with Crippen LogP contribution in [-0.2, 0) is 83.2 Å². The summed E-state index contributed by atoms with van der Waals surface area (Å²) in [6.45, 7) is 11.5. The number of hydrogen-bond donors (Lipinski definition) is 6. The molecule has 1 saturated heterocycles. The van der Waals surface area contributed by atoms with E-state index in [1.807, 2.05) is 13.8 Å². The third-order valence-corrected chi connectivity index (χ3v) is 19.7. The number of hydrogen-bond acceptors (Lipinski definition) is 15. The van der Waals surface area contributed by atoms with E-state index in [2.05, 4.69) is 47.4 Å². The number of benzene rings is 4. The highest BCUT2D eigenvalue weighted by Crippen LogP contribution is 2.35. The van der Waals surface area contributed by atoms with E-state index in [-0.39, 0.29) is 68.1 Å². The van der Waals surface area contributed by atoms with E-state index in [1.165, 1.54) is 69.7 Å². The summed E-state index contributed by atoms with van der Waals surface area (Å²) in [5.41, 5.74) is 8.82. The van der Waals surface area contributed by atoms with Gasteiger partial charge in [0.25, 0.3) is 5.91 Å². The van der Waals surface area contributed by atoms with Gasteiger partial charge in [0.05, 0.1) is 12.6 Å². The number of rotatable bonds is 19. The normalized spacial score (nSPS) is 22.4. The van der Waals surface area contributed by atoms with Crippen molar-refractivity contribution in [2.75, 3.05) is 60.7 Å². The van der Waals surface area contributed by atoms with Crippen LogP contribution >= 0.6 is 21.6 Å². The second-order valence-corrected chi connectivity index (χ2v) is 28.8. The number of ether oxygens (including phenoxy) is 1. The van der Waals surface area contributed by atoms with Gasteiger partial charge in [0.2, 0.25) is 53.2 Å². The predicted molar refractivity (Wildman–Crippen MR) is 369 cm³/mol. The number of esters is 1. The molecule has 23 nitrogen and oxygen atoms in total. The summed E-state index contributed by atoms with van der Waals surface area (Å²) in [5.74, 6) is -7.73. The van der Waals surface area contributed by atoms with Gasteiger partial charge in [-0.05, 0) is 67.7 Å². The first-order valence-electron chi connectivity index (χ1n) is 32.1. The molecule has 0 aromatic heterocycles. The van der Waals surface area contributed by atoms with E-state index in [9.17, 15) is 38.4 Å². The summed E-state index contributed by atoms with van der Waals surface area (Å²) in [4.78, 5) is 165. The lowest BCUT2D eigenvalue weighted by Crippen LogP contribution is -2.60. The highest BCUT2D eigenvalue weighted by Gasteiger charge is 2.39. The van der Waals surface area contributed by atoms with E-state index in [4.69, 9.17) is 10.5 Å². The highest BCUT2D eigenvalue weighted by molar-refractivity contribution is 8.77. The monoisotopic (exact) mass is 1350 g/mol. The van der Waals surface area contributed by atoms with Crippen LogP contribution in [0.25, 0.3) is 0 Å². The molecule has 1 fully saturated rings. The quantitative estimate of drug-likeness (QED) is 0.0438. The largest absolute Gasteiger partial charge is 0.454 e. The lowest BCUT2D eigenvalue weighted by atomic mass is 9.98. The van der Waals surface area contributed by atoms with E-state index in [1.54, 1.807) is 132 Å². The van der Waals surface area contributed by atoms with Crippen molar-refractivity contribution in [3.63, 3.8) is 0 Å². The molecule has 1 aliphatic rings. The molecule has 5 rings (SSSR count). The molecule has 25 heteroatoms. The van der Waals surface area contributed by atoms with Gasteiger partial charge >= 0.3 is 5.97 Å². The molecule has 1 unspecified atom stereocenters. The fourth-order valence-electron chi connectivity index (χ4n) is 10.5. The number of carbonyl (C=O) groups is 11. The lowest BCUT2D eigenvalue weighted by Gasteiger charge is -2.35. The Labute approximate surface area is 567 Å². The van der Waals surface area contributed by atoms with Crippen LogP contribution in [0, 0.1) is 5.92 Å². The second-order valence-electron chi connectivity index (χ2n) is 25.6. The Bertz CT molecular complexity index is 3220. The van der Waals surface area contributed by atoms with Crippen LogP contribution in [0.1, 0.15) is 96.4 Å². The third kappa shape index (κ3) is 24.8. The van der Waals surface area contributed by atoms with Gasteiger partial charge in [-0.25, -0.2) is 4.79 Å². The first-order valence-corrected chi connectivity index (χ1v) is 34.4. The van der Waals surface area contributed by atoms with Crippen molar-refractivity contribution in [3.8, 4) is 0 Å². The zero-order chi connectivity index (χ0) is 70.1. The molecular formula is C70H97N11O12S2. The van der Waals surface area contributed by atoms with Crippen molar-refractivity contribution in [1.29, 1.82) is 0 Å². The Kier molecular flexibility index (Phi) is 30.7. The van der Waals surface area contributed by atoms with Gasteiger partial charge in [0, 0.05) is 78.0 Å². The number of cyclic esters (lactones) is 1. The minimum absolute atomic E-state index is 0.00929. The fraction of sp³-hybridized carbons (Fsp3) is 0.500. The molecule has 0 spiro atoms. The summed E-state index contributed by atoms with van der Waals surface area (Å²) in [6, 6.07) is 24.1. The SMILES string of the molecule is CC(C)CC1C(=O)N[C@@H](Cc2ccccc2)C(=O)N(C)CC(=O)N(C)[C@@H](Cc2ccccc2)C(=O)N[C@@H](C)C(=O)N(C)[C@@H](C)C(=O)N[C@@H](Cc2ccccc2)C(=O)OCC(=O)N(C)[C@@H](Cc2ccccc2)C(=O)N[C@@H](CCCCNC(=O)[C@@H](N)CSSC(C)(C)C)C(=O)N1C. The maximum absolute atomic E-state index is 15.3. The summed E-state index contributed by atoms with van der Waals surface area (Å²) < 4.78 is 5.63. The number of nitrogens with one attached hydrogen (secondary N) is 5. The number of amides is 10. The van der Waals surface area contributed by atoms with Gasteiger partial charge in [-0.1, -0.05) is 178 Å². The van der Waals surface area contributed by atoms with Crippen molar-refractivity contribution in [3.05, 3.63) is 144 Å². The molecule has 7 N–H and O–H groups in total. The summed E-state index contributed by atoms with van der Waals surface area (Å²) in [6.07, 6.45) is 0.463. The van der Waals surface area contributed by atoms with E-state index < -0.39 is 127 Å². The standard InChI is InChI=1S/C70H97N11O12S2/c1-45(2)37-56-64(87)75-54(38-48-27-17-13-18-28-48)67(90)77(8)42-59(82)79(10)57(40-50-31-21-15-22-32-50)63(86)73-46(3)66(89)78(9)47(4)61(84)76-55(39-49-29-19-14-20-30-49)69(92)93-43-60(83)80(11)58(41-51-33-23-16-24-34-51)65(88)74-53(68(91)81(56)12)35-25-26-36-72-62(85)52(71)44-94-95-70(5,6)7/h13-24,27-34,45-47,52-58H,25-26,35-44,71H2,1-12H3,(H,72,85)(H,73,86)(H,74,88)(H,75,87)(H,76,84)/t46-,47-,52-,53-,54-,55-,56?,57-,58-/m0/s1. The summed E-state index contributed by atoms with van der Waals surface area (Å²) >= 11 is 0. The molecule has 0 bridgehead atoms. The van der Waals surface area contributed by atoms with Crippen molar-refractivity contribution in [1.82, 2.24) is 51.1 Å². The molecule has 516 valence electrons. The molecule has 1 heterocycles. The van der Waals surface area contributed by atoms with Gasteiger partial charge in [0.15, 0.2) is 6.61 Å². The van der Waals surface area contributed by atoms with Gasteiger partial charge in [-0.3, -0.25) is 47.9 Å². The molecule has 1 aliphatic heterocycles. The van der Waals surface area contributed by atoms with Crippen LogP contribution in [0.3, 0.4) is 0 Å².